The molecule has 2 saturated carbocycles. The summed E-state index contributed by atoms with van der Waals surface area (Å²) in [6.07, 6.45) is 6.74. The van der Waals surface area contributed by atoms with E-state index in [-0.39, 0.29) is 0 Å². The molecule has 3 nitrogen and oxygen atoms in total. The van der Waals surface area contributed by atoms with Crippen molar-refractivity contribution < 1.29 is 4.74 Å². The van der Waals surface area contributed by atoms with Crippen molar-refractivity contribution in [1.82, 2.24) is 10.3 Å². The Kier molecular flexibility index (Phi) is 3.02. The fourth-order valence-corrected chi connectivity index (χ4v) is 2.08. The van der Waals surface area contributed by atoms with Crippen LogP contribution in [0.2, 0.25) is 0 Å². The van der Waals surface area contributed by atoms with Crippen molar-refractivity contribution in [3.05, 3.63) is 23.4 Å². The van der Waals surface area contributed by atoms with Crippen LogP contribution in [0.4, 0.5) is 0 Å². The predicted molar refractivity (Wildman–Crippen MR) is 67.1 cm³/mol. The average molecular weight is 232 g/mol. The lowest BCUT2D eigenvalue weighted by Crippen LogP contribution is -2.25. The Balaban J connectivity index is 1.64. The molecule has 0 unspecified atom stereocenters. The molecular formula is C14H20N2O. The Hall–Kier alpha value is -1.09. The molecule has 92 valence electrons. The molecule has 0 amide bonds. The van der Waals surface area contributed by atoms with Crippen molar-refractivity contribution in [1.29, 1.82) is 0 Å². The standard InChI is InChI=1S/C14H20N2O/c1-10-7-11(9-15-12-5-6-12)8-14(16-10)17-13-3-2-4-13/h7-8,12-13,15H,2-6,9H2,1H3. The minimum atomic E-state index is 0.411. The Morgan fingerprint density at radius 3 is 2.76 bits per heavy atom. The minimum Gasteiger partial charge on any atom is -0.474 e. The average Bonchev–Trinajstić information content (AvgIpc) is 3.04. The summed E-state index contributed by atoms with van der Waals surface area (Å²) in [5.74, 6) is 0.808. The first kappa shape index (κ1) is 11.0. The number of pyridine rings is 1. The lowest BCUT2D eigenvalue weighted by Gasteiger charge is -2.26. The summed E-state index contributed by atoms with van der Waals surface area (Å²) in [4.78, 5) is 4.45. The maximum absolute atomic E-state index is 5.86. The third-order valence-corrected chi connectivity index (χ3v) is 3.50. The molecule has 17 heavy (non-hydrogen) atoms. The lowest BCUT2D eigenvalue weighted by molar-refractivity contribution is 0.114. The van der Waals surface area contributed by atoms with Gasteiger partial charge in [0, 0.05) is 24.3 Å². The van der Waals surface area contributed by atoms with Gasteiger partial charge in [-0.2, -0.15) is 0 Å². The third-order valence-electron chi connectivity index (χ3n) is 3.50. The Morgan fingerprint density at radius 2 is 2.12 bits per heavy atom. The second-order valence-electron chi connectivity index (χ2n) is 5.28. The highest BCUT2D eigenvalue weighted by atomic mass is 16.5. The van der Waals surface area contributed by atoms with Gasteiger partial charge in [0.25, 0.3) is 0 Å². The van der Waals surface area contributed by atoms with Crippen molar-refractivity contribution in [2.75, 3.05) is 0 Å². The predicted octanol–water partition coefficient (Wildman–Crippen LogP) is 2.57. The summed E-state index contributed by atoms with van der Waals surface area (Å²) < 4.78 is 5.86. The van der Waals surface area contributed by atoms with E-state index in [1.165, 1.54) is 37.7 Å². The summed E-state index contributed by atoms with van der Waals surface area (Å²) in [5.41, 5.74) is 2.34. The van der Waals surface area contributed by atoms with Crippen LogP contribution >= 0.6 is 0 Å². The quantitative estimate of drug-likeness (QED) is 0.847. The monoisotopic (exact) mass is 232 g/mol. The van der Waals surface area contributed by atoms with Gasteiger partial charge in [0.2, 0.25) is 5.88 Å². The van der Waals surface area contributed by atoms with Gasteiger partial charge in [0.1, 0.15) is 6.10 Å². The van der Waals surface area contributed by atoms with Gasteiger partial charge in [-0.25, -0.2) is 4.98 Å². The molecule has 0 atom stereocenters. The number of ether oxygens (including phenoxy) is 1. The molecule has 2 aliphatic rings. The maximum atomic E-state index is 5.86. The van der Waals surface area contributed by atoms with E-state index < -0.39 is 0 Å². The molecule has 3 heteroatoms. The molecule has 2 fully saturated rings. The molecule has 3 rings (SSSR count). The van der Waals surface area contributed by atoms with E-state index in [0.29, 0.717) is 6.10 Å². The molecular weight excluding hydrogens is 212 g/mol. The van der Waals surface area contributed by atoms with Gasteiger partial charge in [-0.3, -0.25) is 0 Å². The van der Waals surface area contributed by atoms with E-state index >= 15 is 0 Å². The van der Waals surface area contributed by atoms with Crippen molar-refractivity contribution in [2.24, 2.45) is 0 Å². The molecule has 0 radical (unpaired) electrons. The molecule has 2 aliphatic carbocycles. The second-order valence-corrected chi connectivity index (χ2v) is 5.28. The van der Waals surface area contributed by atoms with E-state index in [2.05, 4.69) is 22.4 Å². The van der Waals surface area contributed by atoms with Crippen LogP contribution in [0.25, 0.3) is 0 Å². The normalized spacial score (nSPS) is 20.1. The summed E-state index contributed by atoms with van der Waals surface area (Å²) in [6.45, 7) is 2.98. The first-order valence-electron chi connectivity index (χ1n) is 6.67. The molecule has 1 aromatic rings. The van der Waals surface area contributed by atoms with Crippen molar-refractivity contribution in [3.8, 4) is 5.88 Å². The molecule has 0 saturated heterocycles. The van der Waals surface area contributed by atoms with Gasteiger partial charge in [-0.05, 0) is 50.7 Å². The topological polar surface area (TPSA) is 34.1 Å². The highest BCUT2D eigenvalue weighted by Crippen LogP contribution is 2.25. The maximum Gasteiger partial charge on any atom is 0.214 e. The minimum absolute atomic E-state index is 0.411. The Bertz CT molecular complexity index is 397. The van der Waals surface area contributed by atoms with Gasteiger partial charge in [-0.15, -0.1) is 0 Å². The van der Waals surface area contributed by atoms with E-state index in [9.17, 15) is 0 Å². The largest absolute Gasteiger partial charge is 0.474 e. The number of hydrogen-bond acceptors (Lipinski definition) is 3. The van der Waals surface area contributed by atoms with Crippen LogP contribution in [0.15, 0.2) is 12.1 Å². The van der Waals surface area contributed by atoms with E-state index in [4.69, 9.17) is 4.74 Å². The molecule has 0 aliphatic heterocycles. The zero-order valence-electron chi connectivity index (χ0n) is 10.4. The van der Waals surface area contributed by atoms with Crippen LogP contribution < -0.4 is 10.1 Å². The van der Waals surface area contributed by atoms with Crippen LogP contribution in [0.1, 0.15) is 43.4 Å². The highest BCUT2D eigenvalue weighted by molar-refractivity contribution is 5.25. The number of rotatable bonds is 5. The van der Waals surface area contributed by atoms with Crippen LogP contribution in [-0.4, -0.2) is 17.1 Å². The van der Waals surface area contributed by atoms with Crippen LogP contribution in [0, 0.1) is 6.92 Å². The number of aromatic nitrogens is 1. The number of nitrogens with zero attached hydrogens (tertiary/aromatic N) is 1. The summed E-state index contributed by atoms with van der Waals surface area (Å²) >= 11 is 0. The zero-order valence-corrected chi connectivity index (χ0v) is 10.4. The van der Waals surface area contributed by atoms with Gasteiger partial charge in [0.15, 0.2) is 0 Å². The number of aryl methyl sites for hydroxylation is 1. The first-order chi connectivity index (χ1) is 8.29. The number of nitrogens with one attached hydrogen (secondary N) is 1. The van der Waals surface area contributed by atoms with E-state index in [1.807, 2.05) is 6.92 Å². The van der Waals surface area contributed by atoms with Gasteiger partial charge < -0.3 is 10.1 Å². The number of hydrogen-bond donors (Lipinski definition) is 1. The van der Waals surface area contributed by atoms with E-state index in [0.717, 1.165) is 24.2 Å². The smallest absolute Gasteiger partial charge is 0.214 e. The molecule has 0 aromatic carbocycles. The summed E-state index contributed by atoms with van der Waals surface area (Å²) in [6, 6.07) is 4.98. The van der Waals surface area contributed by atoms with Crippen molar-refractivity contribution in [2.45, 2.75) is 57.7 Å². The summed E-state index contributed by atoms with van der Waals surface area (Å²) in [5, 5.41) is 3.53. The second kappa shape index (κ2) is 4.65. The van der Waals surface area contributed by atoms with Crippen LogP contribution in [-0.2, 0) is 6.54 Å². The molecule has 0 bridgehead atoms. The fourth-order valence-electron chi connectivity index (χ4n) is 2.08. The first-order valence-corrected chi connectivity index (χ1v) is 6.67. The summed E-state index contributed by atoms with van der Waals surface area (Å²) in [7, 11) is 0. The molecule has 1 aromatic heterocycles. The SMILES string of the molecule is Cc1cc(CNC2CC2)cc(OC2CCC2)n1. The van der Waals surface area contributed by atoms with Gasteiger partial charge in [-0.1, -0.05) is 0 Å². The molecule has 1 heterocycles. The Morgan fingerprint density at radius 1 is 1.29 bits per heavy atom. The van der Waals surface area contributed by atoms with Gasteiger partial charge >= 0.3 is 0 Å². The van der Waals surface area contributed by atoms with Crippen molar-refractivity contribution >= 4 is 0 Å². The fraction of sp³-hybridized carbons (Fsp3) is 0.643. The van der Waals surface area contributed by atoms with Crippen LogP contribution in [0.5, 0.6) is 5.88 Å². The zero-order chi connectivity index (χ0) is 11.7. The third kappa shape index (κ3) is 2.97. The molecule has 0 spiro atoms. The van der Waals surface area contributed by atoms with E-state index in [1.54, 1.807) is 0 Å². The van der Waals surface area contributed by atoms with Crippen LogP contribution in [0.3, 0.4) is 0 Å². The van der Waals surface area contributed by atoms with Crippen molar-refractivity contribution in [3.63, 3.8) is 0 Å². The van der Waals surface area contributed by atoms with Gasteiger partial charge in [0.05, 0.1) is 0 Å². The molecule has 1 N–H and O–H groups in total. The highest BCUT2D eigenvalue weighted by Gasteiger charge is 2.21. The Labute approximate surface area is 103 Å². The lowest BCUT2D eigenvalue weighted by atomic mass is 9.96.